The molecule has 2 N–H and O–H groups in total. The van der Waals surface area contributed by atoms with Crippen molar-refractivity contribution in [3.05, 3.63) is 24.0 Å². The van der Waals surface area contributed by atoms with Gasteiger partial charge in [0.15, 0.2) is 0 Å². The Balaban J connectivity index is 2.87. The molecule has 1 heterocycles. The van der Waals surface area contributed by atoms with Crippen molar-refractivity contribution < 1.29 is 0 Å². The molecule has 0 aromatic carbocycles. The quantitative estimate of drug-likeness (QED) is 0.822. The number of nitrogens with two attached hydrogens (primary N) is 1. The van der Waals surface area contributed by atoms with Crippen molar-refractivity contribution in [2.75, 3.05) is 11.9 Å². The lowest BCUT2D eigenvalue weighted by molar-refractivity contribution is 0.470. The highest BCUT2D eigenvalue weighted by atomic mass is 15.2. The Morgan fingerprint density at radius 3 is 2.47 bits per heavy atom. The molecular weight excluding hydrogens is 186 g/mol. The number of rotatable bonds is 4. The number of aromatic nitrogens is 1. The van der Waals surface area contributed by atoms with Crippen molar-refractivity contribution in [3.63, 3.8) is 0 Å². The fraction of sp³-hybridized carbons (Fsp3) is 0.583. The third-order valence-corrected chi connectivity index (χ3v) is 3.18. The van der Waals surface area contributed by atoms with E-state index < -0.39 is 0 Å². The molecular formula is C12H21N3. The van der Waals surface area contributed by atoms with Gasteiger partial charge in [0.2, 0.25) is 0 Å². The van der Waals surface area contributed by atoms with Crippen LogP contribution in [0.1, 0.15) is 32.9 Å². The molecule has 0 fully saturated rings. The maximum absolute atomic E-state index is 5.51. The standard InChI is InChI=1S/C12H21N3/c1-5-12(2,3)15(4)11-7-6-10(8-13)14-9-11/h6-7,9H,5,8,13H2,1-4H3. The van der Waals surface area contributed by atoms with E-state index in [0.29, 0.717) is 6.54 Å². The monoisotopic (exact) mass is 207 g/mol. The van der Waals surface area contributed by atoms with Gasteiger partial charge in [-0.05, 0) is 32.4 Å². The number of hydrogen-bond donors (Lipinski definition) is 1. The molecule has 0 amide bonds. The third-order valence-electron chi connectivity index (χ3n) is 3.18. The molecule has 0 aliphatic carbocycles. The first kappa shape index (κ1) is 12.0. The van der Waals surface area contributed by atoms with Crippen LogP contribution in [0.3, 0.4) is 0 Å². The molecule has 0 spiro atoms. The number of hydrogen-bond acceptors (Lipinski definition) is 3. The summed E-state index contributed by atoms with van der Waals surface area (Å²) in [7, 11) is 2.10. The lowest BCUT2D eigenvalue weighted by atomic mass is 9.99. The van der Waals surface area contributed by atoms with Gasteiger partial charge in [0.25, 0.3) is 0 Å². The van der Waals surface area contributed by atoms with E-state index in [9.17, 15) is 0 Å². The summed E-state index contributed by atoms with van der Waals surface area (Å²) >= 11 is 0. The number of nitrogens with zero attached hydrogens (tertiary/aromatic N) is 2. The molecule has 3 heteroatoms. The van der Waals surface area contributed by atoms with Gasteiger partial charge in [-0.25, -0.2) is 0 Å². The largest absolute Gasteiger partial charge is 0.368 e. The summed E-state index contributed by atoms with van der Waals surface area (Å²) in [6.45, 7) is 7.15. The Morgan fingerprint density at radius 2 is 2.07 bits per heavy atom. The zero-order chi connectivity index (χ0) is 11.5. The summed E-state index contributed by atoms with van der Waals surface area (Å²) in [5.74, 6) is 0. The first-order valence-corrected chi connectivity index (χ1v) is 5.40. The van der Waals surface area contributed by atoms with Gasteiger partial charge in [-0.3, -0.25) is 4.98 Å². The fourth-order valence-electron chi connectivity index (χ4n) is 1.32. The van der Waals surface area contributed by atoms with Gasteiger partial charge in [0, 0.05) is 19.1 Å². The molecule has 1 rings (SSSR count). The van der Waals surface area contributed by atoms with Gasteiger partial charge in [-0.2, -0.15) is 0 Å². The minimum atomic E-state index is 0.159. The van der Waals surface area contributed by atoms with E-state index in [0.717, 1.165) is 17.8 Å². The Hall–Kier alpha value is -1.09. The van der Waals surface area contributed by atoms with Gasteiger partial charge < -0.3 is 10.6 Å². The number of pyridine rings is 1. The smallest absolute Gasteiger partial charge is 0.0554 e. The van der Waals surface area contributed by atoms with Crippen LogP contribution in [-0.2, 0) is 6.54 Å². The van der Waals surface area contributed by atoms with Crippen molar-refractivity contribution in [2.24, 2.45) is 5.73 Å². The van der Waals surface area contributed by atoms with Gasteiger partial charge in [-0.15, -0.1) is 0 Å². The van der Waals surface area contributed by atoms with E-state index in [2.05, 4.69) is 43.8 Å². The highest BCUT2D eigenvalue weighted by Crippen LogP contribution is 2.23. The second-order valence-electron chi connectivity index (χ2n) is 4.44. The maximum atomic E-state index is 5.51. The van der Waals surface area contributed by atoms with Gasteiger partial charge in [0.1, 0.15) is 0 Å². The highest BCUT2D eigenvalue weighted by Gasteiger charge is 2.21. The summed E-state index contributed by atoms with van der Waals surface area (Å²) in [6, 6.07) is 4.06. The van der Waals surface area contributed by atoms with Crippen molar-refractivity contribution in [1.82, 2.24) is 4.98 Å². The Kier molecular flexibility index (Phi) is 3.69. The predicted molar refractivity (Wildman–Crippen MR) is 64.9 cm³/mol. The summed E-state index contributed by atoms with van der Waals surface area (Å²) in [4.78, 5) is 6.55. The van der Waals surface area contributed by atoms with Crippen molar-refractivity contribution in [1.29, 1.82) is 0 Å². The molecule has 0 radical (unpaired) electrons. The zero-order valence-electron chi connectivity index (χ0n) is 10.1. The summed E-state index contributed by atoms with van der Waals surface area (Å²) in [6.07, 6.45) is 2.99. The van der Waals surface area contributed by atoms with Crippen molar-refractivity contribution in [2.45, 2.75) is 39.3 Å². The van der Waals surface area contributed by atoms with Crippen LogP contribution in [0.15, 0.2) is 18.3 Å². The van der Waals surface area contributed by atoms with Crippen LogP contribution in [0.25, 0.3) is 0 Å². The van der Waals surface area contributed by atoms with Crippen LogP contribution >= 0.6 is 0 Å². The van der Waals surface area contributed by atoms with Crippen molar-refractivity contribution in [3.8, 4) is 0 Å². The molecule has 84 valence electrons. The molecule has 15 heavy (non-hydrogen) atoms. The average Bonchev–Trinajstić information content (AvgIpc) is 2.28. The highest BCUT2D eigenvalue weighted by molar-refractivity contribution is 5.46. The summed E-state index contributed by atoms with van der Waals surface area (Å²) < 4.78 is 0. The van der Waals surface area contributed by atoms with E-state index >= 15 is 0 Å². The second-order valence-corrected chi connectivity index (χ2v) is 4.44. The first-order valence-electron chi connectivity index (χ1n) is 5.40. The SMILES string of the molecule is CCC(C)(C)N(C)c1ccc(CN)nc1. The van der Waals surface area contributed by atoms with Crippen LogP contribution in [0, 0.1) is 0 Å². The minimum absolute atomic E-state index is 0.159. The van der Waals surface area contributed by atoms with Crippen LogP contribution in [0.4, 0.5) is 5.69 Å². The molecule has 0 saturated heterocycles. The van der Waals surface area contributed by atoms with Crippen LogP contribution < -0.4 is 10.6 Å². The van der Waals surface area contributed by atoms with E-state index in [4.69, 9.17) is 5.73 Å². The van der Waals surface area contributed by atoms with Crippen molar-refractivity contribution >= 4 is 5.69 Å². The predicted octanol–water partition coefficient (Wildman–Crippen LogP) is 2.17. The van der Waals surface area contributed by atoms with Gasteiger partial charge in [0.05, 0.1) is 17.6 Å². The second kappa shape index (κ2) is 4.62. The molecule has 0 bridgehead atoms. The van der Waals surface area contributed by atoms with Gasteiger partial charge in [-0.1, -0.05) is 6.92 Å². The van der Waals surface area contributed by atoms with Crippen LogP contribution in [0.2, 0.25) is 0 Å². The maximum Gasteiger partial charge on any atom is 0.0554 e. The lowest BCUT2D eigenvalue weighted by Crippen LogP contribution is -2.40. The van der Waals surface area contributed by atoms with Crippen LogP contribution in [0.5, 0.6) is 0 Å². The molecule has 0 saturated carbocycles. The molecule has 0 atom stereocenters. The first-order chi connectivity index (χ1) is 7.01. The molecule has 0 unspecified atom stereocenters. The minimum Gasteiger partial charge on any atom is -0.368 e. The zero-order valence-corrected chi connectivity index (χ0v) is 10.1. The van der Waals surface area contributed by atoms with Crippen LogP contribution in [-0.4, -0.2) is 17.6 Å². The molecule has 3 nitrogen and oxygen atoms in total. The summed E-state index contributed by atoms with van der Waals surface area (Å²) in [5.41, 5.74) is 7.74. The number of anilines is 1. The van der Waals surface area contributed by atoms with E-state index in [1.54, 1.807) is 0 Å². The molecule has 0 aliphatic heterocycles. The van der Waals surface area contributed by atoms with E-state index in [-0.39, 0.29) is 5.54 Å². The topological polar surface area (TPSA) is 42.1 Å². The normalized spacial score (nSPS) is 11.5. The van der Waals surface area contributed by atoms with E-state index in [1.165, 1.54) is 0 Å². The van der Waals surface area contributed by atoms with Gasteiger partial charge >= 0.3 is 0 Å². The molecule has 0 aliphatic rings. The molecule has 1 aromatic heterocycles. The Morgan fingerprint density at radius 1 is 1.40 bits per heavy atom. The Bertz CT molecular complexity index is 303. The third kappa shape index (κ3) is 2.69. The molecule has 1 aromatic rings. The summed E-state index contributed by atoms with van der Waals surface area (Å²) in [5, 5.41) is 0. The lowest BCUT2D eigenvalue weighted by Gasteiger charge is -2.36. The average molecular weight is 207 g/mol. The van der Waals surface area contributed by atoms with E-state index in [1.807, 2.05) is 12.3 Å². The Labute approximate surface area is 92.3 Å². The fourth-order valence-corrected chi connectivity index (χ4v) is 1.32.